The maximum absolute atomic E-state index is 11.0. The molecule has 100 valence electrons. The van der Waals surface area contributed by atoms with Crippen LogP contribution in [0, 0.1) is 0 Å². The van der Waals surface area contributed by atoms with Crippen LogP contribution in [0.3, 0.4) is 0 Å². The number of aromatic nitrogens is 2. The number of nitrogen functional groups attached to an aromatic ring is 1. The molecule has 0 aliphatic heterocycles. The Labute approximate surface area is 111 Å². The number of nitrogens with two attached hydrogens (primary N) is 2. The SMILES string of the molecule is CC(C)Oc1cc(-n2cc(C(N)=O)cn2)ccc1N. The molecule has 0 unspecified atom stereocenters. The Morgan fingerprint density at radius 2 is 2.16 bits per heavy atom. The number of amides is 1. The quantitative estimate of drug-likeness (QED) is 0.811. The van der Waals surface area contributed by atoms with Gasteiger partial charge in [0.25, 0.3) is 5.91 Å². The minimum absolute atomic E-state index is 0.0244. The Morgan fingerprint density at radius 3 is 2.74 bits per heavy atom. The second kappa shape index (κ2) is 5.01. The first-order chi connectivity index (χ1) is 8.97. The molecule has 2 rings (SSSR count). The average molecular weight is 260 g/mol. The fourth-order valence-electron chi connectivity index (χ4n) is 1.61. The summed E-state index contributed by atoms with van der Waals surface area (Å²) in [5.41, 5.74) is 12.7. The fraction of sp³-hybridized carbons (Fsp3) is 0.231. The molecule has 1 heterocycles. The van der Waals surface area contributed by atoms with Gasteiger partial charge in [-0.25, -0.2) is 4.68 Å². The van der Waals surface area contributed by atoms with Crippen LogP contribution in [0.5, 0.6) is 5.75 Å². The van der Waals surface area contributed by atoms with Crippen LogP contribution in [0.15, 0.2) is 30.6 Å². The van der Waals surface area contributed by atoms with Crippen LogP contribution < -0.4 is 16.2 Å². The largest absolute Gasteiger partial charge is 0.489 e. The average Bonchev–Trinajstić information content (AvgIpc) is 2.81. The van der Waals surface area contributed by atoms with Gasteiger partial charge >= 0.3 is 0 Å². The van der Waals surface area contributed by atoms with E-state index in [4.69, 9.17) is 16.2 Å². The molecule has 0 atom stereocenters. The Hall–Kier alpha value is -2.50. The summed E-state index contributed by atoms with van der Waals surface area (Å²) < 4.78 is 7.15. The molecule has 0 saturated heterocycles. The summed E-state index contributed by atoms with van der Waals surface area (Å²) in [5.74, 6) is 0.0731. The monoisotopic (exact) mass is 260 g/mol. The predicted molar refractivity (Wildman–Crippen MR) is 72.3 cm³/mol. The molecule has 1 aromatic carbocycles. The van der Waals surface area contributed by atoms with E-state index in [1.165, 1.54) is 6.20 Å². The van der Waals surface area contributed by atoms with Gasteiger partial charge in [-0.3, -0.25) is 4.79 Å². The van der Waals surface area contributed by atoms with E-state index in [1.807, 2.05) is 13.8 Å². The number of primary amides is 1. The molecule has 0 bridgehead atoms. The highest BCUT2D eigenvalue weighted by Crippen LogP contribution is 2.25. The summed E-state index contributed by atoms with van der Waals surface area (Å²) >= 11 is 0. The highest BCUT2D eigenvalue weighted by molar-refractivity contribution is 5.92. The minimum Gasteiger partial charge on any atom is -0.489 e. The zero-order chi connectivity index (χ0) is 14.0. The zero-order valence-electron chi connectivity index (χ0n) is 10.8. The lowest BCUT2D eigenvalue weighted by Crippen LogP contribution is -2.09. The van der Waals surface area contributed by atoms with Gasteiger partial charge in [0.1, 0.15) is 5.75 Å². The summed E-state index contributed by atoms with van der Waals surface area (Å²) in [6.07, 6.45) is 3.01. The summed E-state index contributed by atoms with van der Waals surface area (Å²) in [6.45, 7) is 3.84. The third-order valence-corrected chi connectivity index (χ3v) is 2.49. The molecule has 0 aliphatic rings. The molecule has 0 saturated carbocycles. The number of hydrogen-bond donors (Lipinski definition) is 2. The molecule has 0 aliphatic carbocycles. The van der Waals surface area contributed by atoms with Gasteiger partial charge in [-0.1, -0.05) is 0 Å². The van der Waals surface area contributed by atoms with Gasteiger partial charge in [0, 0.05) is 12.3 Å². The van der Waals surface area contributed by atoms with Crippen molar-refractivity contribution >= 4 is 11.6 Å². The molecule has 6 nitrogen and oxygen atoms in total. The third kappa shape index (κ3) is 2.85. The number of rotatable bonds is 4. The third-order valence-electron chi connectivity index (χ3n) is 2.49. The molecule has 1 aromatic heterocycles. The first-order valence-corrected chi connectivity index (χ1v) is 5.88. The Bertz CT molecular complexity index is 604. The Morgan fingerprint density at radius 1 is 1.42 bits per heavy atom. The number of anilines is 1. The molecule has 0 spiro atoms. The number of hydrogen-bond acceptors (Lipinski definition) is 4. The van der Waals surface area contributed by atoms with E-state index in [2.05, 4.69) is 5.10 Å². The van der Waals surface area contributed by atoms with Crippen LogP contribution in [0.4, 0.5) is 5.69 Å². The van der Waals surface area contributed by atoms with Crippen LogP contribution in [0.25, 0.3) is 5.69 Å². The van der Waals surface area contributed by atoms with E-state index in [1.54, 1.807) is 29.1 Å². The molecule has 4 N–H and O–H groups in total. The topological polar surface area (TPSA) is 96.2 Å². The van der Waals surface area contributed by atoms with Crippen LogP contribution in [0.1, 0.15) is 24.2 Å². The Kier molecular flexibility index (Phi) is 3.41. The van der Waals surface area contributed by atoms with Crippen molar-refractivity contribution in [2.45, 2.75) is 20.0 Å². The fourth-order valence-corrected chi connectivity index (χ4v) is 1.61. The second-order valence-electron chi connectivity index (χ2n) is 4.43. The molecule has 6 heteroatoms. The van der Waals surface area contributed by atoms with Crippen molar-refractivity contribution in [3.05, 3.63) is 36.2 Å². The lowest BCUT2D eigenvalue weighted by Gasteiger charge is -2.13. The lowest BCUT2D eigenvalue weighted by molar-refractivity contribution is 0.100. The molecule has 0 radical (unpaired) electrons. The first-order valence-electron chi connectivity index (χ1n) is 5.88. The van der Waals surface area contributed by atoms with Crippen LogP contribution in [-0.4, -0.2) is 21.8 Å². The number of nitrogens with zero attached hydrogens (tertiary/aromatic N) is 2. The molecule has 1 amide bonds. The molecule has 0 fully saturated rings. The zero-order valence-corrected chi connectivity index (χ0v) is 10.8. The second-order valence-corrected chi connectivity index (χ2v) is 4.43. The summed E-state index contributed by atoms with van der Waals surface area (Å²) in [4.78, 5) is 11.0. The normalized spacial score (nSPS) is 10.7. The van der Waals surface area contributed by atoms with Gasteiger partial charge < -0.3 is 16.2 Å². The van der Waals surface area contributed by atoms with E-state index in [9.17, 15) is 4.79 Å². The summed E-state index contributed by atoms with van der Waals surface area (Å²) in [5, 5.41) is 4.08. The Balaban J connectivity index is 2.36. The first kappa shape index (κ1) is 12.9. The van der Waals surface area contributed by atoms with Crippen molar-refractivity contribution in [2.24, 2.45) is 5.73 Å². The number of benzene rings is 1. The van der Waals surface area contributed by atoms with Gasteiger partial charge in [0.15, 0.2) is 0 Å². The van der Waals surface area contributed by atoms with Crippen molar-refractivity contribution < 1.29 is 9.53 Å². The van der Waals surface area contributed by atoms with Crippen molar-refractivity contribution in [1.29, 1.82) is 0 Å². The number of ether oxygens (including phenoxy) is 1. The highest BCUT2D eigenvalue weighted by atomic mass is 16.5. The number of carbonyl (C=O) groups is 1. The molecule has 2 aromatic rings. The molecule has 19 heavy (non-hydrogen) atoms. The summed E-state index contributed by atoms with van der Waals surface area (Å²) in [7, 11) is 0. The smallest absolute Gasteiger partial charge is 0.251 e. The van der Waals surface area contributed by atoms with Gasteiger partial charge in [-0.15, -0.1) is 0 Å². The minimum atomic E-state index is -0.514. The lowest BCUT2D eigenvalue weighted by atomic mass is 10.2. The van der Waals surface area contributed by atoms with Crippen molar-refractivity contribution in [2.75, 3.05) is 5.73 Å². The molecular formula is C13H16N4O2. The van der Waals surface area contributed by atoms with Gasteiger partial charge in [0.2, 0.25) is 0 Å². The van der Waals surface area contributed by atoms with Crippen LogP contribution >= 0.6 is 0 Å². The van der Waals surface area contributed by atoms with E-state index >= 15 is 0 Å². The maximum atomic E-state index is 11.0. The van der Waals surface area contributed by atoms with E-state index in [0.717, 1.165) is 5.69 Å². The van der Waals surface area contributed by atoms with Crippen molar-refractivity contribution in [1.82, 2.24) is 9.78 Å². The van der Waals surface area contributed by atoms with Crippen molar-refractivity contribution in [3.8, 4) is 11.4 Å². The van der Waals surface area contributed by atoms with E-state index < -0.39 is 5.91 Å². The number of carbonyl (C=O) groups excluding carboxylic acids is 1. The highest BCUT2D eigenvalue weighted by Gasteiger charge is 2.09. The van der Waals surface area contributed by atoms with Gasteiger partial charge in [-0.05, 0) is 26.0 Å². The van der Waals surface area contributed by atoms with Gasteiger partial charge in [-0.2, -0.15) is 5.10 Å². The van der Waals surface area contributed by atoms with Crippen LogP contribution in [-0.2, 0) is 0 Å². The van der Waals surface area contributed by atoms with Gasteiger partial charge in [0.05, 0.1) is 29.2 Å². The van der Waals surface area contributed by atoms with E-state index in [-0.39, 0.29) is 6.10 Å². The molecular weight excluding hydrogens is 244 g/mol. The standard InChI is InChI=1S/C13H16N4O2/c1-8(2)19-12-5-10(3-4-11(12)14)17-7-9(6-16-17)13(15)18/h3-8H,14H2,1-2H3,(H2,15,18). The van der Waals surface area contributed by atoms with Crippen molar-refractivity contribution in [3.63, 3.8) is 0 Å². The maximum Gasteiger partial charge on any atom is 0.251 e. The summed E-state index contributed by atoms with van der Waals surface area (Å²) in [6, 6.07) is 5.30. The van der Waals surface area contributed by atoms with E-state index in [0.29, 0.717) is 17.0 Å². The van der Waals surface area contributed by atoms with Crippen LogP contribution in [0.2, 0.25) is 0 Å². The predicted octanol–water partition coefficient (Wildman–Crippen LogP) is 1.34.